The molecule has 2 heterocycles. The largest absolute Gasteiger partial charge is 0.496 e. The lowest BCUT2D eigenvalue weighted by Gasteiger charge is -2.33. The number of hydrogen-bond donors (Lipinski definition) is 3. The molecule has 2 aliphatic heterocycles. The number of hydrogen-bond acceptors (Lipinski definition) is 5. The average molecular weight is 474 g/mol. The summed E-state index contributed by atoms with van der Waals surface area (Å²) in [6, 6.07) is 7.16. The first kappa shape index (κ1) is 26.0. The molecule has 1 unspecified atom stereocenters. The summed E-state index contributed by atoms with van der Waals surface area (Å²) in [6.45, 7) is 3.17. The van der Waals surface area contributed by atoms with Crippen molar-refractivity contribution < 1.29 is 24.2 Å². The van der Waals surface area contributed by atoms with Gasteiger partial charge in [0.15, 0.2) is 0 Å². The molecule has 3 N–H and O–H groups in total. The summed E-state index contributed by atoms with van der Waals surface area (Å²) in [7, 11) is 1.61. The maximum atomic E-state index is 13.0. The summed E-state index contributed by atoms with van der Waals surface area (Å²) in [5.74, 6) is 0.113. The zero-order valence-electron chi connectivity index (χ0n) is 20.3. The highest BCUT2D eigenvalue weighted by Gasteiger charge is 2.30. The number of amides is 2. The van der Waals surface area contributed by atoms with Gasteiger partial charge in [0.05, 0.1) is 19.4 Å². The highest BCUT2D eigenvalue weighted by molar-refractivity contribution is 5.82. The number of carboxylic acid groups (broad SMARTS) is 1. The van der Waals surface area contributed by atoms with Crippen LogP contribution in [0.3, 0.4) is 0 Å². The molecule has 2 amide bonds. The smallest absolute Gasteiger partial charge is 0.305 e. The molecule has 1 aromatic carbocycles. The number of benzene rings is 1. The second kappa shape index (κ2) is 13.3. The molecule has 0 saturated carbocycles. The summed E-state index contributed by atoms with van der Waals surface area (Å²) in [5, 5.41) is 15.7. The predicted octanol–water partition coefficient (Wildman–Crippen LogP) is 2.61. The number of carbonyl (C=O) groups is 3. The van der Waals surface area contributed by atoms with Crippen molar-refractivity contribution in [1.82, 2.24) is 15.5 Å². The van der Waals surface area contributed by atoms with E-state index in [1.54, 1.807) is 7.11 Å². The van der Waals surface area contributed by atoms with Crippen molar-refractivity contribution in [1.29, 1.82) is 0 Å². The van der Waals surface area contributed by atoms with Gasteiger partial charge in [0.2, 0.25) is 11.8 Å². The Labute approximate surface area is 202 Å². The fraction of sp³-hybridized carbons (Fsp3) is 0.654. The van der Waals surface area contributed by atoms with Crippen LogP contribution in [-0.2, 0) is 20.8 Å². The van der Waals surface area contributed by atoms with Crippen molar-refractivity contribution in [3.63, 3.8) is 0 Å². The third-order valence-corrected chi connectivity index (χ3v) is 7.09. The van der Waals surface area contributed by atoms with Gasteiger partial charge in [-0.15, -0.1) is 0 Å². The Morgan fingerprint density at radius 1 is 1.21 bits per heavy atom. The number of methoxy groups -OCH3 is 1. The van der Waals surface area contributed by atoms with Gasteiger partial charge in [-0.25, -0.2) is 0 Å². The van der Waals surface area contributed by atoms with Crippen LogP contribution in [0.2, 0.25) is 0 Å². The number of rotatable bonds is 11. The maximum Gasteiger partial charge on any atom is 0.305 e. The second-order valence-electron chi connectivity index (χ2n) is 9.56. The number of aryl methyl sites for hydroxylation is 1. The summed E-state index contributed by atoms with van der Waals surface area (Å²) < 4.78 is 5.38. The van der Waals surface area contributed by atoms with Crippen molar-refractivity contribution in [3.05, 3.63) is 29.8 Å². The maximum absolute atomic E-state index is 13.0. The van der Waals surface area contributed by atoms with Crippen LogP contribution in [0, 0.1) is 11.8 Å². The number of carboxylic acids is 1. The van der Waals surface area contributed by atoms with Crippen LogP contribution in [-0.4, -0.2) is 67.1 Å². The van der Waals surface area contributed by atoms with E-state index < -0.39 is 12.0 Å². The molecule has 8 heteroatoms. The molecule has 0 aromatic heterocycles. The van der Waals surface area contributed by atoms with E-state index in [2.05, 4.69) is 10.6 Å². The van der Waals surface area contributed by atoms with E-state index in [0.717, 1.165) is 56.5 Å². The number of ether oxygens (including phenoxy) is 1. The number of nitrogens with zero attached hydrogens (tertiary/aromatic N) is 1. The van der Waals surface area contributed by atoms with Gasteiger partial charge in [0.1, 0.15) is 5.75 Å². The minimum absolute atomic E-state index is 0.132. The third-order valence-electron chi connectivity index (χ3n) is 7.09. The van der Waals surface area contributed by atoms with Gasteiger partial charge in [-0.3, -0.25) is 14.4 Å². The molecule has 3 rings (SSSR count). The molecular weight excluding hydrogens is 434 g/mol. The SMILES string of the molecule is COc1ccccc1CCC(CC(=O)O)NC(=O)[C@@H]1CCCN(C(=O)CCC2CCNCC2)C1. The van der Waals surface area contributed by atoms with Crippen LogP contribution in [0.15, 0.2) is 24.3 Å². The Hall–Kier alpha value is -2.61. The number of piperidine rings is 2. The third kappa shape index (κ3) is 8.01. The molecule has 0 bridgehead atoms. The molecule has 2 aliphatic rings. The van der Waals surface area contributed by atoms with Gasteiger partial charge >= 0.3 is 5.97 Å². The Morgan fingerprint density at radius 2 is 1.97 bits per heavy atom. The summed E-state index contributed by atoms with van der Waals surface area (Å²) in [4.78, 5) is 39.1. The summed E-state index contributed by atoms with van der Waals surface area (Å²) in [6.07, 6.45) is 6.19. The second-order valence-corrected chi connectivity index (χ2v) is 9.56. The van der Waals surface area contributed by atoms with Crippen LogP contribution < -0.4 is 15.4 Å². The number of aliphatic carboxylic acids is 1. The van der Waals surface area contributed by atoms with E-state index in [1.165, 1.54) is 0 Å². The molecule has 2 fully saturated rings. The monoisotopic (exact) mass is 473 g/mol. The van der Waals surface area contributed by atoms with Gasteiger partial charge in [0, 0.05) is 25.6 Å². The summed E-state index contributed by atoms with van der Waals surface area (Å²) >= 11 is 0. The van der Waals surface area contributed by atoms with Crippen molar-refractivity contribution >= 4 is 17.8 Å². The lowest BCUT2D eigenvalue weighted by atomic mass is 9.92. The fourth-order valence-corrected chi connectivity index (χ4v) is 5.07. The number of likely N-dealkylation sites (tertiary alicyclic amines) is 1. The molecule has 1 aromatic rings. The first-order valence-electron chi connectivity index (χ1n) is 12.6. The Balaban J connectivity index is 1.51. The van der Waals surface area contributed by atoms with E-state index in [4.69, 9.17) is 4.74 Å². The first-order chi connectivity index (χ1) is 16.5. The Bertz CT molecular complexity index is 824. The minimum Gasteiger partial charge on any atom is -0.496 e. The molecule has 2 saturated heterocycles. The van der Waals surface area contributed by atoms with Crippen molar-refractivity contribution in [2.75, 3.05) is 33.3 Å². The van der Waals surface area contributed by atoms with Crippen molar-refractivity contribution in [3.8, 4) is 5.75 Å². The van der Waals surface area contributed by atoms with E-state index in [-0.39, 0.29) is 24.2 Å². The van der Waals surface area contributed by atoms with Crippen molar-refractivity contribution in [2.45, 2.75) is 63.8 Å². The normalized spacial score (nSPS) is 19.9. The molecule has 0 spiro atoms. The Kier molecular flexibility index (Phi) is 10.2. The van der Waals surface area contributed by atoms with Crippen LogP contribution in [0.1, 0.15) is 56.9 Å². The van der Waals surface area contributed by atoms with Gasteiger partial charge in [-0.05, 0) is 75.6 Å². The van der Waals surface area contributed by atoms with Gasteiger partial charge in [-0.2, -0.15) is 0 Å². The minimum atomic E-state index is -0.941. The van der Waals surface area contributed by atoms with Crippen LogP contribution in [0.25, 0.3) is 0 Å². The highest BCUT2D eigenvalue weighted by Crippen LogP contribution is 2.23. The molecule has 0 radical (unpaired) electrons. The van der Waals surface area contributed by atoms with Gasteiger partial charge < -0.3 is 25.4 Å². The summed E-state index contributed by atoms with van der Waals surface area (Å²) in [5.41, 5.74) is 0.984. The fourth-order valence-electron chi connectivity index (χ4n) is 5.07. The number of nitrogens with one attached hydrogen (secondary N) is 2. The molecule has 8 nitrogen and oxygen atoms in total. The Morgan fingerprint density at radius 3 is 2.71 bits per heavy atom. The van der Waals surface area contributed by atoms with Gasteiger partial charge in [-0.1, -0.05) is 18.2 Å². The lowest BCUT2D eigenvalue weighted by Crippen LogP contribution is -2.48. The average Bonchev–Trinajstić information content (AvgIpc) is 2.86. The zero-order chi connectivity index (χ0) is 24.3. The molecule has 34 heavy (non-hydrogen) atoms. The van der Waals surface area contributed by atoms with E-state index in [0.29, 0.717) is 38.3 Å². The molecule has 2 atom stereocenters. The predicted molar refractivity (Wildman–Crippen MR) is 130 cm³/mol. The van der Waals surface area contributed by atoms with E-state index in [1.807, 2.05) is 29.2 Å². The van der Waals surface area contributed by atoms with Gasteiger partial charge in [0.25, 0.3) is 0 Å². The zero-order valence-corrected chi connectivity index (χ0v) is 20.3. The molecule has 188 valence electrons. The van der Waals surface area contributed by atoms with E-state index in [9.17, 15) is 19.5 Å². The lowest BCUT2D eigenvalue weighted by molar-refractivity contribution is -0.138. The molecule has 0 aliphatic carbocycles. The quantitative estimate of drug-likeness (QED) is 0.456. The number of carbonyl (C=O) groups excluding carboxylic acids is 2. The number of para-hydroxylation sites is 1. The topological polar surface area (TPSA) is 108 Å². The van der Waals surface area contributed by atoms with Crippen molar-refractivity contribution in [2.24, 2.45) is 11.8 Å². The van der Waals surface area contributed by atoms with Crippen LogP contribution in [0.5, 0.6) is 5.75 Å². The standard InChI is InChI=1S/C26H39N3O5/c1-34-23-7-3-2-5-20(23)9-10-22(17-25(31)32)28-26(33)21-6-4-16-29(18-21)24(30)11-8-19-12-14-27-15-13-19/h2-3,5,7,19,21-22,27H,4,6,8-18H2,1H3,(H,28,33)(H,31,32)/t21-,22?/m1/s1. The molecular formula is C26H39N3O5. The first-order valence-corrected chi connectivity index (χ1v) is 12.6. The van der Waals surface area contributed by atoms with E-state index >= 15 is 0 Å². The van der Waals surface area contributed by atoms with Crippen LogP contribution in [0.4, 0.5) is 0 Å². The highest BCUT2D eigenvalue weighted by atomic mass is 16.5. The van der Waals surface area contributed by atoms with Crippen LogP contribution >= 0.6 is 0 Å².